The van der Waals surface area contributed by atoms with Crippen LogP contribution >= 0.6 is 0 Å². The van der Waals surface area contributed by atoms with Gasteiger partial charge in [0.15, 0.2) is 6.61 Å². The first-order valence-corrected chi connectivity index (χ1v) is 9.31. The molecule has 0 saturated carbocycles. The maximum absolute atomic E-state index is 12.8. The molecule has 5 heteroatoms. The van der Waals surface area contributed by atoms with E-state index in [0.29, 0.717) is 18.8 Å². The van der Waals surface area contributed by atoms with Crippen molar-refractivity contribution in [3.05, 3.63) is 65.7 Å². The fourth-order valence-electron chi connectivity index (χ4n) is 2.69. The molecule has 0 aromatic heterocycles. The van der Waals surface area contributed by atoms with Crippen molar-refractivity contribution in [2.24, 2.45) is 0 Å². The Bertz CT molecular complexity index is 746. The molecule has 2 aromatic carbocycles. The fourth-order valence-corrected chi connectivity index (χ4v) is 2.69. The summed E-state index contributed by atoms with van der Waals surface area (Å²) in [6.45, 7) is 6.55. The number of benzene rings is 2. The molecule has 2 amide bonds. The van der Waals surface area contributed by atoms with Crippen LogP contribution in [0.5, 0.6) is 5.75 Å². The first-order valence-electron chi connectivity index (χ1n) is 9.31. The number of carbonyl (C=O) groups is 2. The van der Waals surface area contributed by atoms with Crippen molar-refractivity contribution in [2.45, 2.75) is 39.8 Å². The number of aryl methyl sites for hydroxylation is 1. The average molecular weight is 368 g/mol. The Balaban J connectivity index is 2.09. The minimum atomic E-state index is -0.578. The molecule has 0 saturated heterocycles. The summed E-state index contributed by atoms with van der Waals surface area (Å²) in [5, 5.41) is 2.86. The van der Waals surface area contributed by atoms with Gasteiger partial charge in [-0.05, 0) is 43.5 Å². The number of ether oxygens (including phenoxy) is 1. The summed E-state index contributed by atoms with van der Waals surface area (Å²) >= 11 is 0. The molecule has 27 heavy (non-hydrogen) atoms. The van der Waals surface area contributed by atoms with Gasteiger partial charge in [0.1, 0.15) is 11.8 Å². The molecule has 5 nitrogen and oxygen atoms in total. The SMILES string of the molecule is CCCNC(=O)[C@@H](C)N(Cc1ccccc1)C(=O)COc1cccc(C)c1. The van der Waals surface area contributed by atoms with E-state index >= 15 is 0 Å². The van der Waals surface area contributed by atoms with Gasteiger partial charge in [-0.15, -0.1) is 0 Å². The van der Waals surface area contributed by atoms with Crippen LogP contribution in [0.15, 0.2) is 54.6 Å². The molecular weight excluding hydrogens is 340 g/mol. The van der Waals surface area contributed by atoms with Crippen LogP contribution < -0.4 is 10.1 Å². The minimum Gasteiger partial charge on any atom is -0.484 e. The molecule has 144 valence electrons. The Morgan fingerprint density at radius 1 is 1.11 bits per heavy atom. The molecule has 2 rings (SSSR count). The van der Waals surface area contributed by atoms with Gasteiger partial charge in [-0.25, -0.2) is 0 Å². The highest BCUT2D eigenvalue weighted by Crippen LogP contribution is 2.14. The lowest BCUT2D eigenvalue weighted by Crippen LogP contribution is -2.49. The molecule has 0 spiro atoms. The van der Waals surface area contributed by atoms with Crippen LogP contribution in [0.2, 0.25) is 0 Å². The second-order valence-corrected chi connectivity index (χ2v) is 6.58. The summed E-state index contributed by atoms with van der Waals surface area (Å²) in [5.74, 6) is 0.266. The third kappa shape index (κ3) is 6.44. The van der Waals surface area contributed by atoms with Crippen molar-refractivity contribution < 1.29 is 14.3 Å². The molecule has 0 unspecified atom stereocenters. The van der Waals surface area contributed by atoms with Gasteiger partial charge in [0.25, 0.3) is 5.91 Å². The number of amides is 2. The monoisotopic (exact) mass is 368 g/mol. The number of nitrogens with zero attached hydrogens (tertiary/aromatic N) is 1. The standard InChI is InChI=1S/C22H28N2O3/c1-4-13-23-22(26)18(3)24(15-19-10-6-5-7-11-19)21(25)16-27-20-12-8-9-17(2)14-20/h5-12,14,18H,4,13,15-16H2,1-3H3,(H,23,26)/t18-/m1/s1. The molecule has 2 aromatic rings. The van der Waals surface area contributed by atoms with Crippen LogP contribution in [-0.4, -0.2) is 35.9 Å². The van der Waals surface area contributed by atoms with Gasteiger partial charge in [0.05, 0.1) is 0 Å². The van der Waals surface area contributed by atoms with Crippen molar-refractivity contribution in [2.75, 3.05) is 13.2 Å². The molecule has 1 N–H and O–H groups in total. The zero-order valence-corrected chi connectivity index (χ0v) is 16.3. The van der Waals surface area contributed by atoms with E-state index in [-0.39, 0.29) is 18.4 Å². The molecule has 0 aliphatic heterocycles. The van der Waals surface area contributed by atoms with Crippen molar-refractivity contribution in [1.82, 2.24) is 10.2 Å². The highest BCUT2D eigenvalue weighted by atomic mass is 16.5. The normalized spacial score (nSPS) is 11.5. The van der Waals surface area contributed by atoms with Gasteiger partial charge >= 0.3 is 0 Å². The number of nitrogens with one attached hydrogen (secondary N) is 1. The van der Waals surface area contributed by atoms with Gasteiger partial charge in [0.2, 0.25) is 5.91 Å². The number of hydrogen-bond acceptors (Lipinski definition) is 3. The van der Waals surface area contributed by atoms with Crippen molar-refractivity contribution >= 4 is 11.8 Å². The topological polar surface area (TPSA) is 58.6 Å². The molecule has 0 fully saturated rings. The molecule has 0 radical (unpaired) electrons. The van der Waals surface area contributed by atoms with E-state index in [9.17, 15) is 9.59 Å². The Kier molecular flexibility index (Phi) is 7.86. The highest BCUT2D eigenvalue weighted by molar-refractivity contribution is 5.87. The molecule has 0 heterocycles. The third-order valence-electron chi connectivity index (χ3n) is 4.26. The van der Waals surface area contributed by atoms with Gasteiger partial charge in [-0.3, -0.25) is 9.59 Å². The van der Waals surface area contributed by atoms with Crippen LogP contribution in [0.1, 0.15) is 31.4 Å². The number of carbonyl (C=O) groups excluding carboxylic acids is 2. The van der Waals surface area contributed by atoms with E-state index in [0.717, 1.165) is 17.5 Å². The van der Waals surface area contributed by atoms with E-state index in [2.05, 4.69) is 5.32 Å². The summed E-state index contributed by atoms with van der Waals surface area (Å²) in [6, 6.07) is 16.6. The van der Waals surface area contributed by atoms with Crippen LogP contribution in [0.4, 0.5) is 0 Å². The van der Waals surface area contributed by atoms with Gasteiger partial charge in [-0.1, -0.05) is 49.4 Å². The maximum atomic E-state index is 12.8. The van der Waals surface area contributed by atoms with Crippen molar-refractivity contribution in [3.8, 4) is 5.75 Å². The largest absolute Gasteiger partial charge is 0.484 e. The fraction of sp³-hybridized carbons (Fsp3) is 0.364. The molecular formula is C22H28N2O3. The molecule has 0 aliphatic rings. The molecule has 1 atom stereocenters. The quantitative estimate of drug-likeness (QED) is 0.739. The second kappa shape index (κ2) is 10.4. The third-order valence-corrected chi connectivity index (χ3v) is 4.26. The first kappa shape index (κ1) is 20.5. The minimum absolute atomic E-state index is 0.109. The Morgan fingerprint density at radius 2 is 1.85 bits per heavy atom. The Morgan fingerprint density at radius 3 is 2.52 bits per heavy atom. The first-order chi connectivity index (χ1) is 13.0. The summed E-state index contributed by atoms with van der Waals surface area (Å²) in [5.41, 5.74) is 2.03. The molecule has 0 bridgehead atoms. The smallest absolute Gasteiger partial charge is 0.261 e. The second-order valence-electron chi connectivity index (χ2n) is 6.58. The van der Waals surface area contributed by atoms with Crippen LogP contribution in [-0.2, 0) is 16.1 Å². The van der Waals surface area contributed by atoms with Gasteiger partial charge in [-0.2, -0.15) is 0 Å². The zero-order valence-electron chi connectivity index (χ0n) is 16.3. The lowest BCUT2D eigenvalue weighted by Gasteiger charge is -2.28. The highest BCUT2D eigenvalue weighted by Gasteiger charge is 2.26. The van der Waals surface area contributed by atoms with Crippen molar-refractivity contribution in [1.29, 1.82) is 0 Å². The predicted molar refractivity (Wildman–Crippen MR) is 106 cm³/mol. The van der Waals surface area contributed by atoms with E-state index in [4.69, 9.17) is 4.74 Å². The van der Waals surface area contributed by atoms with Crippen LogP contribution in [0, 0.1) is 6.92 Å². The Labute approximate surface area is 161 Å². The Hall–Kier alpha value is -2.82. The van der Waals surface area contributed by atoms with E-state index in [1.165, 1.54) is 0 Å². The average Bonchev–Trinajstić information content (AvgIpc) is 2.68. The van der Waals surface area contributed by atoms with Gasteiger partial charge < -0.3 is 15.0 Å². The van der Waals surface area contributed by atoms with Crippen LogP contribution in [0.25, 0.3) is 0 Å². The summed E-state index contributed by atoms with van der Waals surface area (Å²) in [7, 11) is 0. The zero-order chi connectivity index (χ0) is 19.6. The summed E-state index contributed by atoms with van der Waals surface area (Å²) < 4.78 is 5.66. The predicted octanol–water partition coefficient (Wildman–Crippen LogP) is 3.32. The lowest BCUT2D eigenvalue weighted by atomic mass is 10.1. The summed E-state index contributed by atoms with van der Waals surface area (Å²) in [6.07, 6.45) is 0.849. The van der Waals surface area contributed by atoms with E-state index in [1.807, 2.05) is 68.4 Å². The van der Waals surface area contributed by atoms with Crippen molar-refractivity contribution in [3.63, 3.8) is 0 Å². The molecule has 0 aliphatic carbocycles. The van der Waals surface area contributed by atoms with E-state index < -0.39 is 6.04 Å². The maximum Gasteiger partial charge on any atom is 0.261 e. The number of rotatable bonds is 9. The lowest BCUT2D eigenvalue weighted by molar-refractivity contribution is -0.142. The van der Waals surface area contributed by atoms with E-state index in [1.54, 1.807) is 11.8 Å². The summed E-state index contributed by atoms with van der Waals surface area (Å²) in [4.78, 5) is 26.8. The van der Waals surface area contributed by atoms with Gasteiger partial charge in [0, 0.05) is 13.1 Å². The van der Waals surface area contributed by atoms with Crippen LogP contribution in [0.3, 0.4) is 0 Å². The number of hydrogen-bond donors (Lipinski definition) is 1.